The van der Waals surface area contributed by atoms with Gasteiger partial charge >= 0.3 is 5.97 Å². The molecule has 0 fully saturated rings. The van der Waals surface area contributed by atoms with Crippen LogP contribution in [0, 0.1) is 6.92 Å². The molecule has 0 spiro atoms. The van der Waals surface area contributed by atoms with Gasteiger partial charge in [-0.1, -0.05) is 6.07 Å². The Balaban J connectivity index is 2.86. The van der Waals surface area contributed by atoms with Crippen LogP contribution in [0.5, 0.6) is 0 Å². The number of carbonyl (C=O) groups excluding carboxylic acids is 2. The number of carbonyl (C=O) groups is 2. The Morgan fingerprint density at radius 2 is 2.06 bits per heavy atom. The van der Waals surface area contributed by atoms with E-state index in [1.165, 1.54) is 20.1 Å². The molecule has 0 aromatic heterocycles. The van der Waals surface area contributed by atoms with Gasteiger partial charge in [-0.2, -0.15) is 0 Å². The van der Waals surface area contributed by atoms with Crippen molar-refractivity contribution >= 4 is 23.6 Å². The van der Waals surface area contributed by atoms with E-state index < -0.39 is 5.97 Å². The largest absolute Gasteiger partial charge is 0.466 e. The molecule has 0 bridgehead atoms. The Kier molecular flexibility index (Phi) is 4.46. The molecule has 1 N–H and O–H groups in total. The molecule has 0 saturated heterocycles. The molecular formula is C13H15NO3. The number of hydrogen-bond acceptors (Lipinski definition) is 3. The van der Waals surface area contributed by atoms with Gasteiger partial charge in [-0.3, -0.25) is 4.79 Å². The maximum atomic E-state index is 10.9. The lowest BCUT2D eigenvalue weighted by molar-refractivity contribution is -0.134. The lowest BCUT2D eigenvalue weighted by atomic mass is 10.1. The van der Waals surface area contributed by atoms with Crippen molar-refractivity contribution in [3.63, 3.8) is 0 Å². The molecule has 4 heteroatoms. The van der Waals surface area contributed by atoms with Crippen LogP contribution in [0.15, 0.2) is 24.3 Å². The summed E-state index contributed by atoms with van der Waals surface area (Å²) in [6.07, 6.45) is 3.04. The zero-order valence-corrected chi connectivity index (χ0v) is 10.1. The van der Waals surface area contributed by atoms with Crippen LogP contribution in [0.25, 0.3) is 6.08 Å². The molecule has 0 aliphatic rings. The third-order valence-corrected chi connectivity index (χ3v) is 2.19. The molecule has 1 rings (SSSR count). The van der Waals surface area contributed by atoms with Crippen molar-refractivity contribution in [3.8, 4) is 0 Å². The number of anilines is 1. The predicted molar refractivity (Wildman–Crippen MR) is 66.5 cm³/mol. The molecule has 1 aromatic carbocycles. The number of methoxy groups -OCH3 is 1. The van der Waals surface area contributed by atoms with E-state index in [1.54, 1.807) is 12.1 Å². The second-order valence-electron chi connectivity index (χ2n) is 3.61. The number of benzene rings is 1. The Labute approximate surface area is 100 Å². The van der Waals surface area contributed by atoms with Crippen molar-refractivity contribution in [2.24, 2.45) is 0 Å². The van der Waals surface area contributed by atoms with Crippen molar-refractivity contribution in [1.29, 1.82) is 0 Å². The Morgan fingerprint density at radius 1 is 1.35 bits per heavy atom. The van der Waals surface area contributed by atoms with E-state index >= 15 is 0 Å². The third kappa shape index (κ3) is 4.10. The fourth-order valence-electron chi connectivity index (χ4n) is 1.37. The van der Waals surface area contributed by atoms with E-state index in [-0.39, 0.29) is 5.91 Å². The fourth-order valence-corrected chi connectivity index (χ4v) is 1.37. The quantitative estimate of drug-likeness (QED) is 0.642. The molecule has 90 valence electrons. The summed E-state index contributed by atoms with van der Waals surface area (Å²) in [5.74, 6) is -0.502. The highest BCUT2D eigenvalue weighted by Gasteiger charge is 2.00. The van der Waals surface area contributed by atoms with Crippen molar-refractivity contribution in [3.05, 3.63) is 35.4 Å². The van der Waals surface area contributed by atoms with Crippen LogP contribution in [-0.4, -0.2) is 19.0 Å². The van der Waals surface area contributed by atoms with Gasteiger partial charge in [0.15, 0.2) is 0 Å². The van der Waals surface area contributed by atoms with Crippen molar-refractivity contribution in [1.82, 2.24) is 0 Å². The normalized spacial score (nSPS) is 10.3. The Bertz CT molecular complexity index is 464. The molecule has 17 heavy (non-hydrogen) atoms. The monoisotopic (exact) mass is 233 g/mol. The fraction of sp³-hybridized carbons (Fsp3) is 0.231. The average molecular weight is 233 g/mol. The first-order valence-corrected chi connectivity index (χ1v) is 5.17. The van der Waals surface area contributed by atoms with Gasteiger partial charge in [0.1, 0.15) is 0 Å². The predicted octanol–water partition coefficient (Wildman–Crippen LogP) is 2.14. The summed E-state index contributed by atoms with van der Waals surface area (Å²) in [4.78, 5) is 21.8. The number of esters is 1. The topological polar surface area (TPSA) is 55.4 Å². The number of hydrogen-bond donors (Lipinski definition) is 1. The zero-order chi connectivity index (χ0) is 12.8. The van der Waals surface area contributed by atoms with Crippen LogP contribution >= 0.6 is 0 Å². The molecule has 0 aliphatic carbocycles. The summed E-state index contributed by atoms with van der Waals surface area (Å²) in [6, 6.07) is 5.46. The molecule has 0 unspecified atom stereocenters. The first-order chi connectivity index (χ1) is 8.02. The smallest absolute Gasteiger partial charge is 0.330 e. The minimum Gasteiger partial charge on any atom is -0.466 e. The summed E-state index contributed by atoms with van der Waals surface area (Å²) in [5.41, 5.74) is 2.62. The number of ether oxygens (including phenoxy) is 1. The van der Waals surface area contributed by atoms with Gasteiger partial charge in [-0.15, -0.1) is 0 Å². The average Bonchev–Trinajstić information content (AvgIpc) is 2.26. The van der Waals surface area contributed by atoms with Gasteiger partial charge in [-0.05, 0) is 36.3 Å². The SMILES string of the molecule is COC(=O)C=Cc1ccc(NC(C)=O)cc1C. The van der Waals surface area contributed by atoms with Gasteiger partial charge in [0.2, 0.25) is 5.91 Å². The first-order valence-electron chi connectivity index (χ1n) is 5.17. The third-order valence-electron chi connectivity index (χ3n) is 2.19. The van der Waals surface area contributed by atoms with Crippen LogP contribution in [0.2, 0.25) is 0 Å². The highest BCUT2D eigenvalue weighted by atomic mass is 16.5. The number of nitrogens with one attached hydrogen (secondary N) is 1. The molecule has 0 aliphatic heterocycles. The summed E-state index contributed by atoms with van der Waals surface area (Å²) in [5, 5.41) is 2.69. The molecular weight excluding hydrogens is 218 g/mol. The molecule has 0 heterocycles. The van der Waals surface area contributed by atoms with Crippen LogP contribution < -0.4 is 5.32 Å². The lowest BCUT2D eigenvalue weighted by Gasteiger charge is -2.05. The molecule has 0 atom stereocenters. The first kappa shape index (κ1) is 13.0. The van der Waals surface area contributed by atoms with E-state index in [0.717, 1.165) is 16.8 Å². The van der Waals surface area contributed by atoms with Crippen molar-refractivity contribution in [2.45, 2.75) is 13.8 Å². The van der Waals surface area contributed by atoms with E-state index in [0.29, 0.717) is 0 Å². The van der Waals surface area contributed by atoms with Crippen molar-refractivity contribution < 1.29 is 14.3 Å². The summed E-state index contributed by atoms with van der Waals surface area (Å²) >= 11 is 0. The van der Waals surface area contributed by atoms with E-state index in [9.17, 15) is 9.59 Å². The van der Waals surface area contributed by atoms with Crippen LogP contribution in [-0.2, 0) is 14.3 Å². The highest BCUT2D eigenvalue weighted by molar-refractivity contribution is 5.89. The summed E-state index contributed by atoms with van der Waals surface area (Å²) < 4.78 is 4.51. The number of rotatable bonds is 3. The molecule has 4 nitrogen and oxygen atoms in total. The van der Waals surface area contributed by atoms with Crippen molar-refractivity contribution in [2.75, 3.05) is 12.4 Å². The highest BCUT2D eigenvalue weighted by Crippen LogP contribution is 2.16. The molecule has 0 saturated carbocycles. The van der Waals surface area contributed by atoms with Gasteiger partial charge in [-0.25, -0.2) is 4.79 Å². The second-order valence-corrected chi connectivity index (χ2v) is 3.61. The summed E-state index contributed by atoms with van der Waals surface area (Å²) in [6.45, 7) is 3.36. The minimum absolute atomic E-state index is 0.109. The molecule has 1 amide bonds. The van der Waals surface area contributed by atoms with Crippen LogP contribution in [0.4, 0.5) is 5.69 Å². The lowest BCUT2D eigenvalue weighted by Crippen LogP contribution is -2.05. The van der Waals surface area contributed by atoms with E-state index in [1.807, 2.05) is 19.1 Å². The zero-order valence-electron chi connectivity index (χ0n) is 10.1. The second kappa shape index (κ2) is 5.84. The number of amides is 1. The van der Waals surface area contributed by atoms with E-state index in [2.05, 4.69) is 10.1 Å². The molecule has 0 radical (unpaired) electrons. The van der Waals surface area contributed by atoms with Gasteiger partial charge < -0.3 is 10.1 Å². The van der Waals surface area contributed by atoms with E-state index in [4.69, 9.17) is 0 Å². The Hall–Kier alpha value is -2.10. The maximum Gasteiger partial charge on any atom is 0.330 e. The van der Waals surface area contributed by atoms with Gasteiger partial charge in [0.05, 0.1) is 7.11 Å². The van der Waals surface area contributed by atoms with Crippen LogP contribution in [0.1, 0.15) is 18.1 Å². The summed E-state index contributed by atoms with van der Waals surface area (Å²) in [7, 11) is 1.33. The number of aryl methyl sites for hydroxylation is 1. The maximum absolute atomic E-state index is 10.9. The van der Waals surface area contributed by atoms with Crippen LogP contribution in [0.3, 0.4) is 0 Å². The van der Waals surface area contributed by atoms with Gasteiger partial charge in [0.25, 0.3) is 0 Å². The van der Waals surface area contributed by atoms with Gasteiger partial charge in [0, 0.05) is 18.7 Å². The minimum atomic E-state index is -0.393. The standard InChI is InChI=1S/C13H15NO3/c1-9-8-12(14-10(2)15)6-4-11(9)5-7-13(16)17-3/h4-8H,1-3H3,(H,14,15). The molecule has 1 aromatic rings. The Morgan fingerprint density at radius 3 is 2.59 bits per heavy atom.